The molecule has 114 valence electrons. The molecule has 0 bridgehead atoms. The normalized spacial score (nSPS) is 12.9. The van der Waals surface area contributed by atoms with Gasteiger partial charge in [-0.1, -0.05) is 0 Å². The van der Waals surface area contributed by atoms with Crippen molar-refractivity contribution in [1.29, 1.82) is 0 Å². The standard InChI is InChI=1S/C20H29P/c1-17(2)21(18(3)4,15-19-11-7-5-8-12-19)16-20-13-9-6-10-14-20/h5-14,17-18,21H,15-16H2,1-4H3. The van der Waals surface area contributed by atoms with Crippen LogP contribution in [-0.4, -0.2) is 11.3 Å². The Kier molecular flexibility index (Phi) is 5.59. The zero-order chi connectivity index (χ0) is 15.3. The third-order valence-electron chi connectivity index (χ3n) is 5.05. The molecule has 0 N–H and O–H groups in total. The Morgan fingerprint density at radius 3 is 1.24 bits per heavy atom. The SMILES string of the molecule is CC(C)[PH](Cc1ccccc1)(Cc1ccccc1)C(C)C. The maximum atomic E-state index is 2.44. The molecule has 0 aliphatic heterocycles. The van der Waals surface area contributed by atoms with E-state index in [4.69, 9.17) is 0 Å². The fourth-order valence-corrected chi connectivity index (χ4v) is 8.58. The van der Waals surface area contributed by atoms with E-state index in [9.17, 15) is 0 Å². The molecule has 0 radical (unpaired) electrons. The van der Waals surface area contributed by atoms with Crippen LogP contribution in [0, 0.1) is 0 Å². The first-order valence-corrected chi connectivity index (χ1v) is 10.7. The van der Waals surface area contributed by atoms with Crippen molar-refractivity contribution in [2.45, 2.75) is 51.3 Å². The number of hydrogen-bond acceptors (Lipinski definition) is 0. The Balaban J connectivity index is 2.34. The van der Waals surface area contributed by atoms with Gasteiger partial charge in [-0.3, -0.25) is 0 Å². The predicted molar refractivity (Wildman–Crippen MR) is 98.9 cm³/mol. The Labute approximate surface area is 130 Å². The summed E-state index contributed by atoms with van der Waals surface area (Å²) >= 11 is 0. The fraction of sp³-hybridized carbons (Fsp3) is 0.400. The molecular weight excluding hydrogens is 271 g/mol. The van der Waals surface area contributed by atoms with Crippen molar-refractivity contribution in [3.05, 3.63) is 71.8 Å². The fourth-order valence-electron chi connectivity index (χ4n) is 3.50. The van der Waals surface area contributed by atoms with Gasteiger partial charge in [0.25, 0.3) is 0 Å². The molecule has 0 fully saturated rings. The van der Waals surface area contributed by atoms with Crippen LogP contribution < -0.4 is 0 Å². The van der Waals surface area contributed by atoms with Gasteiger partial charge in [0.2, 0.25) is 0 Å². The van der Waals surface area contributed by atoms with E-state index in [1.807, 2.05) is 0 Å². The first-order valence-electron chi connectivity index (χ1n) is 8.12. The van der Waals surface area contributed by atoms with Gasteiger partial charge in [-0.2, -0.15) is 0 Å². The zero-order valence-corrected chi connectivity index (χ0v) is 14.8. The van der Waals surface area contributed by atoms with Crippen molar-refractivity contribution in [2.75, 3.05) is 0 Å². The summed E-state index contributed by atoms with van der Waals surface area (Å²) in [4.78, 5) is 0. The Hall–Kier alpha value is -1.13. The van der Waals surface area contributed by atoms with E-state index in [2.05, 4.69) is 88.4 Å². The van der Waals surface area contributed by atoms with Crippen molar-refractivity contribution in [3.8, 4) is 0 Å². The van der Waals surface area contributed by atoms with Crippen molar-refractivity contribution in [3.63, 3.8) is 0 Å². The first-order chi connectivity index (χ1) is 10.0. The Morgan fingerprint density at radius 1 is 0.619 bits per heavy atom. The molecule has 0 saturated carbocycles. The quantitative estimate of drug-likeness (QED) is 0.578. The second kappa shape index (κ2) is 7.23. The van der Waals surface area contributed by atoms with Crippen LogP contribution in [-0.2, 0) is 12.3 Å². The van der Waals surface area contributed by atoms with Crippen molar-refractivity contribution in [2.24, 2.45) is 0 Å². The summed E-state index contributed by atoms with van der Waals surface area (Å²) in [5, 5.41) is 0. The van der Waals surface area contributed by atoms with E-state index in [0.29, 0.717) is 0 Å². The second-order valence-electron chi connectivity index (χ2n) is 6.87. The van der Waals surface area contributed by atoms with Gasteiger partial charge in [0.1, 0.15) is 0 Å². The molecule has 0 unspecified atom stereocenters. The molecule has 0 saturated heterocycles. The summed E-state index contributed by atoms with van der Waals surface area (Å²) in [6, 6.07) is 22.2. The average Bonchev–Trinajstić information content (AvgIpc) is 2.48. The van der Waals surface area contributed by atoms with Crippen LogP contribution in [0.2, 0.25) is 0 Å². The summed E-state index contributed by atoms with van der Waals surface area (Å²) < 4.78 is 0. The maximum absolute atomic E-state index is 2.44. The monoisotopic (exact) mass is 300 g/mol. The van der Waals surface area contributed by atoms with Crippen LogP contribution in [0.5, 0.6) is 0 Å². The van der Waals surface area contributed by atoms with E-state index in [-0.39, 0.29) is 0 Å². The number of rotatable bonds is 6. The zero-order valence-electron chi connectivity index (χ0n) is 13.8. The third-order valence-corrected chi connectivity index (χ3v) is 11.8. The molecule has 0 amide bonds. The molecule has 2 aromatic rings. The van der Waals surface area contributed by atoms with E-state index in [1.165, 1.54) is 23.5 Å². The van der Waals surface area contributed by atoms with Gasteiger partial charge in [-0.25, -0.2) is 0 Å². The Morgan fingerprint density at radius 2 is 0.952 bits per heavy atom. The van der Waals surface area contributed by atoms with E-state index >= 15 is 0 Å². The summed E-state index contributed by atoms with van der Waals surface area (Å²) in [5.41, 5.74) is 4.61. The van der Waals surface area contributed by atoms with Crippen LogP contribution in [0.1, 0.15) is 38.8 Å². The minimum atomic E-state index is -1.43. The summed E-state index contributed by atoms with van der Waals surface area (Å²) in [6.45, 7) is 9.77. The molecule has 0 heterocycles. The second-order valence-corrected chi connectivity index (χ2v) is 12.4. The molecular formula is C20H29P. The van der Waals surface area contributed by atoms with Gasteiger partial charge in [-0.15, -0.1) is 0 Å². The molecule has 0 nitrogen and oxygen atoms in total. The molecule has 0 aliphatic carbocycles. The van der Waals surface area contributed by atoms with Gasteiger partial charge in [0.15, 0.2) is 0 Å². The van der Waals surface area contributed by atoms with Crippen LogP contribution in [0.15, 0.2) is 60.7 Å². The number of benzene rings is 2. The minimum absolute atomic E-state index is 0.790. The molecule has 21 heavy (non-hydrogen) atoms. The molecule has 0 aliphatic rings. The van der Waals surface area contributed by atoms with Crippen LogP contribution in [0.25, 0.3) is 0 Å². The molecule has 0 atom stereocenters. The van der Waals surface area contributed by atoms with E-state index in [0.717, 1.165) is 11.3 Å². The Bertz CT molecular complexity index is 477. The van der Waals surface area contributed by atoms with Crippen molar-refractivity contribution < 1.29 is 0 Å². The molecule has 1 heteroatoms. The van der Waals surface area contributed by atoms with Gasteiger partial charge in [0.05, 0.1) is 0 Å². The van der Waals surface area contributed by atoms with Gasteiger partial charge < -0.3 is 0 Å². The predicted octanol–water partition coefficient (Wildman–Crippen LogP) is 5.95. The van der Waals surface area contributed by atoms with E-state index < -0.39 is 7.26 Å². The van der Waals surface area contributed by atoms with Crippen molar-refractivity contribution >= 4 is 7.26 Å². The molecule has 0 aromatic heterocycles. The average molecular weight is 300 g/mol. The summed E-state index contributed by atoms with van der Waals surface area (Å²) in [6.07, 6.45) is 2.58. The van der Waals surface area contributed by atoms with Gasteiger partial charge >= 0.3 is 130 Å². The van der Waals surface area contributed by atoms with Crippen LogP contribution in [0.4, 0.5) is 0 Å². The van der Waals surface area contributed by atoms with Crippen LogP contribution in [0.3, 0.4) is 0 Å². The van der Waals surface area contributed by atoms with Gasteiger partial charge in [-0.05, 0) is 0 Å². The third kappa shape index (κ3) is 3.95. The summed E-state index contributed by atoms with van der Waals surface area (Å²) in [7, 11) is -1.43. The molecule has 2 aromatic carbocycles. The van der Waals surface area contributed by atoms with E-state index in [1.54, 1.807) is 0 Å². The first kappa shape index (κ1) is 16.2. The van der Waals surface area contributed by atoms with Gasteiger partial charge in [0, 0.05) is 0 Å². The molecule has 2 rings (SSSR count). The topological polar surface area (TPSA) is 0 Å². The molecule has 0 spiro atoms. The van der Waals surface area contributed by atoms with Crippen molar-refractivity contribution in [1.82, 2.24) is 0 Å². The van der Waals surface area contributed by atoms with Crippen LogP contribution >= 0.6 is 7.26 Å². The summed E-state index contributed by atoms with van der Waals surface area (Å²) in [5.74, 6) is 0. The number of hydrogen-bond donors (Lipinski definition) is 0.